The first-order valence-corrected chi connectivity index (χ1v) is 8.07. The van der Waals surface area contributed by atoms with Crippen molar-refractivity contribution in [3.8, 4) is 0 Å². The number of aromatic nitrogens is 1. The molecule has 0 fully saturated rings. The Hall–Kier alpha value is -0.840. The van der Waals surface area contributed by atoms with Crippen LogP contribution in [0.2, 0.25) is 0 Å². The van der Waals surface area contributed by atoms with Crippen molar-refractivity contribution in [2.45, 2.75) is 25.1 Å². The highest BCUT2D eigenvalue weighted by atomic mass is 32.2. The summed E-state index contributed by atoms with van der Waals surface area (Å²) in [6, 6.07) is 4.39. The van der Waals surface area contributed by atoms with E-state index in [9.17, 15) is 0 Å². The van der Waals surface area contributed by atoms with Gasteiger partial charge in [0.05, 0.1) is 6.04 Å². The van der Waals surface area contributed by atoms with E-state index in [0.717, 1.165) is 11.3 Å². The van der Waals surface area contributed by atoms with Crippen LogP contribution in [0.25, 0.3) is 0 Å². The molecule has 18 heavy (non-hydrogen) atoms. The van der Waals surface area contributed by atoms with E-state index in [2.05, 4.69) is 24.0 Å². The number of pyridine rings is 1. The van der Waals surface area contributed by atoms with Crippen LogP contribution in [0.4, 0.5) is 0 Å². The summed E-state index contributed by atoms with van der Waals surface area (Å²) in [5, 5.41) is 0. The number of nitrogens with two attached hydrogens (primary N) is 1. The van der Waals surface area contributed by atoms with Crippen LogP contribution in [-0.2, 0) is 12.2 Å². The van der Waals surface area contributed by atoms with E-state index in [4.69, 9.17) is 5.73 Å². The Morgan fingerprint density at radius 3 is 3.00 bits per heavy atom. The van der Waals surface area contributed by atoms with Gasteiger partial charge >= 0.3 is 0 Å². The molecule has 0 amide bonds. The molecule has 2 aromatic rings. The summed E-state index contributed by atoms with van der Waals surface area (Å²) in [5.41, 5.74) is 10.1. The summed E-state index contributed by atoms with van der Waals surface area (Å²) in [7, 11) is 0. The number of hydrogen-bond acceptors (Lipinski definition) is 4. The molecular weight excluding hydrogens is 260 g/mol. The molecule has 0 saturated heterocycles. The van der Waals surface area contributed by atoms with Crippen molar-refractivity contribution in [3.05, 3.63) is 51.0 Å². The van der Waals surface area contributed by atoms with Crippen LogP contribution in [0.3, 0.4) is 0 Å². The van der Waals surface area contributed by atoms with E-state index in [1.54, 1.807) is 0 Å². The molecule has 2 N–H and O–H groups in total. The number of thiophene rings is 1. The van der Waals surface area contributed by atoms with Crippen molar-refractivity contribution in [2.24, 2.45) is 5.73 Å². The van der Waals surface area contributed by atoms with Gasteiger partial charge in [0.2, 0.25) is 0 Å². The lowest BCUT2D eigenvalue weighted by atomic mass is 10.1. The highest BCUT2D eigenvalue weighted by Gasteiger charge is 2.18. The van der Waals surface area contributed by atoms with Crippen LogP contribution in [0.5, 0.6) is 0 Å². The second kappa shape index (κ2) is 5.03. The monoisotopic (exact) mass is 276 g/mol. The molecule has 1 atom stereocenters. The predicted molar refractivity (Wildman–Crippen MR) is 79.2 cm³/mol. The van der Waals surface area contributed by atoms with Gasteiger partial charge in [-0.25, -0.2) is 0 Å². The molecule has 1 aliphatic rings. The fourth-order valence-electron chi connectivity index (χ4n) is 2.24. The summed E-state index contributed by atoms with van der Waals surface area (Å²) in [4.78, 5) is 7.03. The average molecular weight is 276 g/mol. The second-order valence-corrected chi connectivity index (χ2v) is 6.95. The average Bonchev–Trinajstić information content (AvgIpc) is 2.81. The van der Waals surface area contributed by atoms with Crippen molar-refractivity contribution < 1.29 is 0 Å². The van der Waals surface area contributed by atoms with Gasteiger partial charge in [0.15, 0.2) is 0 Å². The fraction of sp³-hybridized carbons (Fsp3) is 0.357. The maximum atomic E-state index is 6.36. The quantitative estimate of drug-likeness (QED) is 0.915. The van der Waals surface area contributed by atoms with Gasteiger partial charge in [-0.05, 0) is 41.9 Å². The molecule has 0 aromatic carbocycles. The third-order valence-electron chi connectivity index (χ3n) is 3.21. The van der Waals surface area contributed by atoms with Crippen molar-refractivity contribution >= 4 is 23.1 Å². The number of nitrogens with zero attached hydrogens (tertiary/aromatic N) is 1. The Kier molecular flexibility index (Phi) is 3.41. The zero-order valence-electron chi connectivity index (χ0n) is 10.3. The molecule has 94 valence electrons. The van der Waals surface area contributed by atoms with Gasteiger partial charge in [0.25, 0.3) is 0 Å². The maximum Gasteiger partial charge on any atom is 0.0661 e. The summed E-state index contributed by atoms with van der Waals surface area (Å²) < 4.78 is 0. The summed E-state index contributed by atoms with van der Waals surface area (Å²) >= 11 is 3.89. The van der Waals surface area contributed by atoms with E-state index in [1.165, 1.54) is 33.1 Å². The smallest absolute Gasteiger partial charge is 0.0661 e. The molecule has 0 radical (unpaired) electrons. The van der Waals surface area contributed by atoms with Crippen molar-refractivity contribution in [1.82, 2.24) is 4.98 Å². The summed E-state index contributed by atoms with van der Waals surface area (Å²) in [6.07, 6.45) is 4.95. The molecule has 0 saturated carbocycles. The van der Waals surface area contributed by atoms with E-state index in [1.807, 2.05) is 35.5 Å². The second-order valence-electron chi connectivity index (χ2n) is 4.67. The minimum atomic E-state index is -0.0296. The molecule has 0 aliphatic carbocycles. The Bertz CT molecular complexity index is 539. The van der Waals surface area contributed by atoms with E-state index in [0.29, 0.717) is 0 Å². The fourth-order valence-corrected chi connectivity index (χ4v) is 4.64. The lowest BCUT2D eigenvalue weighted by molar-refractivity contribution is 0.880. The van der Waals surface area contributed by atoms with Gasteiger partial charge in [0, 0.05) is 27.9 Å². The lowest BCUT2D eigenvalue weighted by Gasteiger charge is -2.09. The van der Waals surface area contributed by atoms with Gasteiger partial charge in [-0.2, -0.15) is 11.8 Å². The molecule has 3 rings (SSSR count). The predicted octanol–water partition coefficient (Wildman–Crippen LogP) is 3.29. The standard InChI is InChI=1S/C14H16N2S2/c1-9-4-10(7-16-6-9)14(15)13-5-11-8-17-3-2-12(11)18-13/h4-7,14H,2-3,8,15H2,1H3. The Labute approximate surface area is 116 Å². The first kappa shape index (κ1) is 12.2. The van der Waals surface area contributed by atoms with Gasteiger partial charge in [0.1, 0.15) is 0 Å². The van der Waals surface area contributed by atoms with Crippen LogP contribution in [-0.4, -0.2) is 10.7 Å². The SMILES string of the molecule is Cc1cncc(C(N)c2cc3c(s2)CCSC3)c1. The zero-order valence-corrected chi connectivity index (χ0v) is 12.0. The summed E-state index contributed by atoms with van der Waals surface area (Å²) in [6.45, 7) is 2.05. The molecule has 4 heteroatoms. The highest BCUT2D eigenvalue weighted by molar-refractivity contribution is 7.98. The molecule has 1 aliphatic heterocycles. The van der Waals surface area contributed by atoms with Gasteiger partial charge in [-0.3, -0.25) is 4.98 Å². The third kappa shape index (κ3) is 2.32. The Balaban J connectivity index is 1.92. The van der Waals surface area contributed by atoms with Crippen LogP contribution >= 0.6 is 23.1 Å². The minimum Gasteiger partial charge on any atom is -0.320 e. The molecule has 2 nitrogen and oxygen atoms in total. The van der Waals surface area contributed by atoms with Crippen molar-refractivity contribution in [1.29, 1.82) is 0 Å². The van der Waals surface area contributed by atoms with Crippen LogP contribution < -0.4 is 5.73 Å². The Morgan fingerprint density at radius 1 is 1.33 bits per heavy atom. The van der Waals surface area contributed by atoms with Crippen LogP contribution in [0.15, 0.2) is 24.5 Å². The van der Waals surface area contributed by atoms with Crippen LogP contribution in [0, 0.1) is 6.92 Å². The number of fused-ring (bicyclic) bond motifs is 1. The topological polar surface area (TPSA) is 38.9 Å². The molecule has 2 aromatic heterocycles. The number of hydrogen-bond donors (Lipinski definition) is 1. The van der Waals surface area contributed by atoms with Gasteiger partial charge < -0.3 is 5.73 Å². The Morgan fingerprint density at radius 2 is 2.22 bits per heavy atom. The molecule has 1 unspecified atom stereocenters. The summed E-state index contributed by atoms with van der Waals surface area (Å²) in [5.74, 6) is 2.39. The first-order chi connectivity index (χ1) is 8.74. The number of thioether (sulfide) groups is 1. The van der Waals surface area contributed by atoms with Crippen molar-refractivity contribution in [3.63, 3.8) is 0 Å². The third-order valence-corrected chi connectivity index (χ3v) is 5.54. The largest absolute Gasteiger partial charge is 0.320 e. The van der Waals surface area contributed by atoms with E-state index in [-0.39, 0.29) is 6.04 Å². The molecule has 0 bridgehead atoms. The van der Waals surface area contributed by atoms with E-state index < -0.39 is 0 Å². The lowest BCUT2D eigenvalue weighted by Crippen LogP contribution is -2.10. The highest BCUT2D eigenvalue weighted by Crippen LogP contribution is 2.35. The maximum absolute atomic E-state index is 6.36. The number of aryl methyl sites for hydroxylation is 2. The van der Waals surface area contributed by atoms with Crippen LogP contribution in [0.1, 0.15) is 32.5 Å². The molecular formula is C14H16N2S2. The normalized spacial score (nSPS) is 16.3. The molecule has 3 heterocycles. The number of rotatable bonds is 2. The van der Waals surface area contributed by atoms with Crippen molar-refractivity contribution in [2.75, 3.05) is 5.75 Å². The first-order valence-electron chi connectivity index (χ1n) is 6.10. The molecule has 0 spiro atoms. The van der Waals surface area contributed by atoms with Gasteiger partial charge in [-0.1, -0.05) is 6.07 Å². The minimum absolute atomic E-state index is 0.0296. The van der Waals surface area contributed by atoms with Gasteiger partial charge in [-0.15, -0.1) is 11.3 Å². The zero-order chi connectivity index (χ0) is 12.5. The van der Waals surface area contributed by atoms with E-state index >= 15 is 0 Å².